The molecule has 0 unspecified atom stereocenters. The van der Waals surface area contributed by atoms with Crippen LogP contribution >= 0.6 is 37.2 Å². The van der Waals surface area contributed by atoms with Crippen molar-refractivity contribution in [1.82, 2.24) is 19.9 Å². The molecule has 0 bridgehead atoms. The summed E-state index contributed by atoms with van der Waals surface area (Å²) in [5.74, 6) is 0. The summed E-state index contributed by atoms with van der Waals surface area (Å²) in [6.45, 7) is 4.04. The Morgan fingerprint density at radius 1 is 1.10 bits per heavy atom. The topological polar surface area (TPSA) is 65.1 Å². The molecule has 2 aromatic rings. The van der Waals surface area contributed by atoms with Crippen molar-refractivity contribution in [2.75, 3.05) is 38.1 Å². The molecule has 0 radical (unpaired) electrons. The maximum absolute atomic E-state index is 11.5. The van der Waals surface area contributed by atoms with E-state index in [2.05, 4.69) is 31.8 Å². The van der Waals surface area contributed by atoms with Crippen molar-refractivity contribution < 1.29 is 0 Å². The first kappa shape index (κ1) is 19.9. The number of halogens is 3. The Balaban J connectivity index is 0.00000133. The van der Waals surface area contributed by atoms with Gasteiger partial charge < -0.3 is 14.8 Å². The van der Waals surface area contributed by atoms with E-state index in [0.717, 1.165) is 31.9 Å². The number of nitrogens with one attached hydrogen (secondary N) is 1. The van der Waals surface area contributed by atoms with Crippen LogP contribution < -0.4 is 10.5 Å². The number of piperazine rings is 1. The van der Waals surface area contributed by atoms with Crippen molar-refractivity contribution >= 4 is 53.9 Å². The summed E-state index contributed by atoms with van der Waals surface area (Å²) in [4.78, 5) is 27.0. The Morgan fingerprint density at radius 2 is 1.76 bits per heavy atom. The number of aromatic nitrogens is 3. The van der Waals surface area contributed by atoms with Gasteiger partial charge in [0.2, 0.25) is 0 Å². The number of anilines is 1. The molecule has 1 N–H and O–H groups in total. The Labute approximate surface area is 141 Å². The van der Waals surface area contributed by atoms with E-state index in [1.807, 2.05) is 6.07 Å². The van der Waals surface area contributed by atoms with Crippen LogP contribution in [0, 0.1) is 0 Å². The predicted molar refractivity (Wildman–Crippen MR) is 91.6 cm³/mol. The van der Waals surface area contributed by atoms with Gasteiger partial charge >= 0.3 is 0 Å². The lowest BCUT2D eigenvalue weighted by Gasteiger charge is -2.33. The SMILES string of the molecule is CN1CCN(c2cnc3c(=O)[nH]cnc3c2)CC1.Cl.Cl.Cl. The van der Waals surface area contributed by atoms with Gasteiger partial charge in [-0.1, -0.05) is 0 Å². The molecule has 0 spiro atoms. The molecule has 0 saturated carbocycles. The molecule has 0 amide bonds. The van der Waals surface area contributed by atoms with E-state index in [0.29, 0.717) is 11.0 Å². The molecular weight excluding hydrogens is 337 g/mol. The predicted octanol–water partition coefficient (Wildman–Crippen LogP) is 1.34. The zero-order chi connectivity index (χ0) is 12.5. The van der Waals surface area contributed by atoms with E-state index in [4.69, 9.17) is 0 Å². The van der Waals surface area contributed by atoms with E-state index in [-0.39, 0.29) is 42.8 Å². The molecule has 21 heavy (non-hydrogen) atoms. The highest BCUT2D eigenvalue weighted by Crippen LogP contribution is 2.17. The van der Waals surface area contributed by atoms with Crippen LogP contribution in [0.4, 0.5) is 5.69 Å². The summed E-state index contributed by atoms with van der Waals surface area (Å²) in [6, 6.07) is 1.93. The molecule has 9 heteroatoms. The highest BCUT2D eigenvalue weighted by Gasteiger charge is 2.15. The van der Waals surface area contributed by atoms with Crippen molar-refractivity contribution in [3.63, 3.8) is 0 Å². The summed E-state index contributed by atoms with van der Waals surface area (Å²) in [5, 5.41) is 0. The van der Waals surface area contributed by atoms with Gasteiger partial charge in [-0.15, -0.1) is 37.2 Å². The summed E-state index contributed by atoms with van der Waals surface area (Å²) in [5.41, 5.74) is 1.89. The van der Waals surface area contributed by atoms with Gasteiger partial charge in [-0.25, -0.2) is 9.97 Å². The zero-order valence-electron chi connectivity index (χ0n) is 11.5. The number of hydrogen-bond donors (Lipinski definition) is 1. The molecule has 118 valence electrons. The zero-order valence-corrected chi connectivity index (χ0v) is 13.9. The number of fused-ring (bicyclic) bond motifs is 1. The lowest BCUT2D eigenvalue weighted by atomic mass is 10.2. The molecule has 1 aliphatic heterocycles. The quantitative estimate of drug-likeness (QED) is 0.837. The molecule has 2 aromatic heterocycles. The van der Waals surface area contributed by atoms with E-state index in [1.54, 1.807) is 6.20 Å². The summed E-state index contributed by atoms with van der Waals surface area (Å²) >= 11 is 0. The second-order valence-electron chi connectivity index (χ2n) is 4.58. The molecule has 3 rings (SSSR count). The first-order chi connectivity index (χ1) is 8.74. The first-order valence-electron chi connectivity index (χ1n) is 6.01. The van der Waals surface area contributed by atoms with Gasteiger partial charge in [-0.2, -0.15) is 0 Å². The molecule has 0 aromatic carbocycles. The number of H-pyrrole nitrogens is 1. The minimum absolute atomic E-state index is 0. The maximum atomic E-state index is 11.5. The molecule has 1 saturated heterocycles. The third-order valence-corrected chi connectivity index (χ3v) is 3.34. The lowest BCUT2D eigenvalue weighted by Crippen LogP contribution is -2.44. The molecule has 0 atom stereocenters. The normalized spacial score (nSPS) is 14.8. The van der Waals surface area contributed by atoms with Gasteiger partial charge in [0.1, 0.15) is 0 Å². The van der Waals surface area contributed by atoms with Crippen molar-refractivity contribution in [1.29, 1.82) is 0 Å². The fourth-order valence-electron chi connectivity index (χ4n) is 2.18. The molecule has 6 nitrogen and oxygen atoms in total. The second-order valence-corrected chi connectivity index (χ2v) is 4.58. The number of hydrogen-bond acceptors (Lipinski definition) is 5. The van der Waals surface area contributed by atoms with Crippen LogP contribution in [0.3, 0.4) is 0 Å². The van der Waals surface area contributed by atoms with Crippen molar-refractivity contribution in [2.24, 2.45) is 0 Å². The summed E-state index contributed by atoms with van der Waals surface area (Å²) in [6.07, 6.45) is 3.17. The third-order valence-electron chi connectivity index (χ3n) is 3.34. The number of pyridine rings is 1. The van der Waals surface area contributed by atoms with Crippen LogP contribution in [0.5, 0.6) is 0 Å². The van der Waals surface area contributed by atoms with Crippen LogP contribution in [0.25, 0.3) is 11.0 Å². The maximum Gasteiger partial charge on any atom is 0.277 e. The van der Waals surface area contributed by atoms with Gasteiger partial charge in [-0.05, 0) is 13.1 Å². The average Bonchev–Trinajstić information content (AvgIpc) is 2.39. The largest absolute Gasteiger partial charge is 0.368 e. The highest BCUT2D eigenvalue weighted by molar-refractivity contribution is 5.86. The molecule has 1 aliphatic rings. The molecule has 0 aliphatic carbocycles. The Kier molecular flexibility index (Phi) is 7.95. The van der Waals surface area contributed by atoms with Gasteiger partial charge in [0, 0.05) is 26.2 Å². The highest BCUT2D eigenvalue weighted by atomic mass is 35.5. The van der Waals surface area contributed by atoms with Crippen molar-refractivity contribution in [2.45, 2.75) is 0 Å². The number of likely N-dealkylation sites (N-methyl/N-ethyl adjacent to an activating group) is 1. The second kappa shape index (κ2) is 8.38. The van der Waals surface area contributed by atoms with Crippen molar-refractivity contribution in [3.8, 4) is 0 Å². The average molecular weight is 355 g/mol. The minimum atomic E-state index is -0.190. The van der Waals surface area contributed by atoms with Crippen LogP contribution in [0.2, 0.25) is 0 Å². The number of rotatable bonds is 1. The van der Waals surface area contributed by atoms with Crippen LogP contribution in [0.15, 0.2) is 23.4 Å². The van der Waals surface area contributed by atoms with Crippen LogP contribution in [-0.2, 0) is 0 Å². The smallest absolute Gasteiger partial charge is 0.277 e. The fraction of sp³-hybridized carbons (Fsp3) is 0.417. The van der Waals surface area contributed by atoms with Gasteiger partial charge in [0.15, 0.2) is 5.52 Å². The van der Waals surface area contributed by atoms with E-state index >= 15 is 0 Å². The standard InChI is InChI=1S/C12H15N5O.3ClH/c1-16-2-4-17(5-3-16)9-6-10-11(13-7-9)12(18)15-8-14-10;;;/h6-8H,2-5H2,1H3,(H,14,15,18);3*1H. The third kappa shape index (κ3) is 4.20. The van der Waals surface area contributed by atoms with Gasteiger partial charge in [0.25, 0.3) is 5.56 Å². The van der Waals surface area contributed by atoms with E-state index < -0.39 is 0 Å². The van der Waals surface area contributed by atoms with Gasteiger partial charge in [-0.3, -0.25) is 4.79 Å². The Morgan fingerprint density at radius 3 is 2.43 bits per heavy atom. The first-order valence-corrected chi connectivity index (χ1v) is 6.01. The Bertz CT molecular complexity index is 628. The summed E-state index contributed by atoms with van der Waals surface area (Å²) < 4.78 is 0. The van der Waals surface area contributed by atoms with Gasteiger partial charge in [0.05, 0.1) is 23.7 Å². The molecule has 1 fully saturated rings. The number of aromatic amines is 1. The fourth-order valence-corrected chi connectivity index (χ4v) is 2.18. The van der Waals surface area contributed by atoms with E-state index in [9.17, 15) is 4.79 Å². The minimum Gasteiger partial charge on any atom is -0.368 e. The van der Waals surface area contributed by atoms with Crippen LogP contribution in [-0.4, -0.2) is 53.1 Å². The monoisotopic (exact) mass is 353 g/mol. The molecular formula is C12H18Cl3N5O. The number of nitrogens with zero attached hydrogens (tertiary/aromatic N) is 4. The van der Waals surface area contributed by atoms with Crippen LogP contribution in [0.1, 0.15) is 0 Å². The lowest BCUT2D eigenvalue weighted by molar-refractivity contribution is 0.313. The Hall–Kier alpha value is -1.08. The van der Waals surface area contributed by atoms with Crippen molar-refractivity contribution in [3.05, 3.63) is 28.9 Å². The molecule has 3 heterocycles. The van der Waals surface area contributed by atoms with E-state index in [1.165, 1.54) is 6.33 Å². The summed E-state index contributed by atoms with van der Waals surface area (Å²) in [7, 11) is 2.12.